The molecule has 3 amide bonds. The highest BCUT2D eigenvalue weighted by Crippen LogP contribution is 1.92. The molecule has 0 aliphatic carbocycles. The number of ether oxygens (including phenoxy) is 2. The molecule has 74 valence electrons. The summed E-state index contributed by atoms with van der Waals surface area (Å²) in [5.41, 5.74) is 1.93. The Morgan fingerprint density at radius 3 is 1.69 bits per heavy atom. The first-order chi connectivity index (χ1) is 6.02. The second kappa shape index (κ2) is 4.96. The van der Waals surface area contributed by atoms with Crippen molar-refractivity contribution in [2.24, 2.45) is 0 Å². The maximum atomic E-state index is 10.8. The Morgan fingerprint density at radius 2 is 1.46 bits per heavy atom. The van der Waals surface area contributed by atoms with Gasteiger partial charge in [-0.2, -0.15) is 0 Å². The van der Waals surface area contributed by atoms with Gasteiger partial charge in [0, 0.05) is 6.92 Å². The van der Waals surface area contributed by atoms with E-state index in [9.17, 15) is 14.4 Å². The van der Waals surface area contributed by atoms with Crippen molar-refractivity contribution < 1.29 is 23.9 Å². The zero-order valence-corrected chi connectivity index (χ0v) is 7.49. The molecule has 0 saturated heterocycles. The number of methoxy groups -OCH3 is 2. The van der Waals surface area contributed by atoms with Crippen LogP contribution in [0.1, 0.15) is 6.92 Å². The predicted octanol–water partition coefficient (Wildman–Crippen LogP) is -0.128. The van der Waals surface area contributed by atoms with Gasteiger partial charge in [-0.25, -0.2) is 9.59 Å². The fourth-order valence-electron chi connectivity index (χ4n) is 0.506. The van der Waals surface area contributed by atoms with Crippen LogP contribution in [0, 0.1) is 0 Å². The van der Waals surface area contributed by atoms with Gasteiger partial charge in [-0.05, 0) is 0 Å². The molecule has 0 aliphatic rings. The fourth-order valence-corrected chi connectivity index (χ4v) is 0.506. The molecular weight excluding hydrogens is 180 g/mol. The van der Waals surface area contributed by atoms with Crippen molar-refractivity contribution in [3.8, 4) is 0 Å². The monoisotopic (exact) mass is 190 g/mol. The van der Waals surface area contributed by atoms with E-state index in [0.29, 0.717) is 5.01 Å². The highest BCUT2D eigenvalue weighted by molar-refractivity contribution is 5.90. The Hall–Kier alpha value is -1.79. The summed E-state index contributed by atoms with van der Waals surface area (Å²) in [5, 5.41) is 0.322. The number of nitrogens with one attached hydrogen (secondary N) is 1. The molecule has 0 aromatic heterocycles. The zero-order valence-electron chi connectivity index (χ0n) is 7.49. The van der Waals surface area contributed by atoms with Crippen molar-refractivity contribution in [3.63, 3.8) is 0 Å². The Morgan fingerprint density at radius 1 is 1.08 bits per heavy atom. The highest BCUT2D eigenvalue weighted by Gasteiger charge is 2.23. The van der Waals surface area contributed by atoms with Gasteiger partial charge in [0.15, 0.2) is 0 Å². The minimum Gasteiger partial charge on any atom is -0.451 e. The summed E-state index contributed by atoms with van der Waals surface area (Å²) in [6.45, 7) is 1.14. The molecule has 0 aromatic rings. The molecule has 0 heterocycles. The van der Waals surface area contributed by atoms with Gasteiger partial charge in [-0.1, -0.05) is 0 Å². The molecular formula is C6H10N2O5. The third kappa shape index (κ3) is 3.41. The van der Waals surface area contributed by atoms with Crippen LogP contribution >= 0.6 is 0 Å². The maximum Gasteiger partial charge on any atom is 0.438 e. The number of imide groups is 1. The topological polar surface area (TPSA) is 84.9 Å². The van der Waals surface area contributed by atoms with Gasteiger partial charge < -0.3 is 9.47 Å². The molecule has 0 fully saturated rings. The first kappa shape index (κ1) is 11.2. The van der Waals surface area contributed by atoms with Crippen molar-refractivity contribution >= 4 is 18.1 Å². The average Bonchev–Trinajstić information content (AvgIpc) is 2.11. The van der Waals surface area contributed by atoms with Gasteiger partial charge in [0.2, 0.25) is 5.91 Å². The third-order valence-electron chi connectivity index (χ3n) is 0.984. The number of amides is 3. The van der Waals surface area contributed by atoms with Gasteiger partial charge in [0.25, 0.3) is 0 Å². The summed E-state index contributed by atoms with van der Waals surface area (Å²) < 4.78 is 8.42. The molecule has 1 N–H and O–H groups in total. The molecule has 0 bridgehead atoms. The Balaban J connectivity index is 4.45. The van der Waals surface area contributed by atoms with Crippen LogP contribution in [0.5, 0.6) is 0 Å². The van der Waals surface area contributed by atoms with Gasteiger partial charge >= 0.3 is 12.2 Å². The molecule has 0 atom stereocenters. The molecule has 7 nitrogen and oxygen atoms in total. The lowest BCUT2D eigenvalue weighted by Gasteiger charge is -2.16. The fraction of sp³-hybridized carbons (Fsp3) is 0.500. The Bertz CT molecular complexity index is 211. The first-order valence-electron chi connectivity index (χ1n) is 3.26. The lowest BCUT2D eigenvalue weighted by atomic mass is 10.7. The third-order valence-corrected chi connectivity index (χ3v) is 0.984. The van der Waals surface area contributed by atoms with Crippen molar-refractivity contribution in [3.05, 3.63) is 0 Å². The number of nitrogens with zero attached hydrogens (tertiary/aromatic N) is 1. The summed E-state index contributed by atoms with van der Waals surface area (Å²) in [6, 6.07) is 0. The Kier molecular flexibility index (Phi) is 4.28. The quantitative estimate of drug-likeness (QED) is 0.538. The molecule has 0 aliphatic heterocycles. The smallest absolute Gasteiger partial charge is 0.438 e. The zero-order chi connectivity index (χ0) is 10.4. The molecule has 0 unspecified atom stereocenters. The van der Waals surface area contributed by atoms with E-state index in [4.69, 9.17) is 0 Å². The standard InChI is InChI=1S/C6H10N2O5/c1-4(9)7-8(5(10)12-2)6(11)13-3/h1-3H3,(H,7,9). The predicted molar refractivity (Wildman–Crippen MR) is 40.5 cm³/mol. The van der Waals surface area contributed by atoms with Crippen LogP contribution in [0.2, 0.25) is 0 Å². The molecule has 0 aromatic carbocycles. The second-order valence-corrected chi connectivity index (χ2v) is 1.94. The van der Waals surface area contributed by atoms with Crippen LogP contribution in [0.3, 0.4) is 0 Å². The van der Waals surface area contributed by atoms with Crippen LogP contribution in [0.15, 0.2) is 0 Å². The van der Waals surface area contributed by atoms with Crippen LogP contribution in [0.4, 0.5) is 9.59 Å². The second-order valence-electron chi connectivity index (χ2n) is 1.94. The van der Waals surface area contributed by atoms with E-state index in [2.05, 4.69) is 9.47 Å². The van der Waals surface area contributed by atoms with Gasteiger partial charge in [0.1, 0.15) is 0 Å². The first-order valence-corrected chi connectivity index (χ1v) is 3.26. The van der Waals surface area contributed by atoms with Crippen LogP contribution in [0.25, 0.3) is 0 Å². The summed E-state index contributed by atoms with van der Waals surface area (Å²) in [7, 11) is 2.14. The minimum absolute atomic E-state index is 0.322. The number of hydrogen-bond donors (Lipinski definition) is 1. The molecule has 7 heteroatoms. The lowest BCUT2D eigenvalue weighted by molar-refractivity contribution is -0.122. The average molecular weight is 190 g/mol. The van der Waals surface area contributed by atoms with E-state index in [1.54, 1.807) is 0 Å². The maximum absolute atomic E-state index is 10.8. The van der Waals surface area contributed by atoms with E-state index in [1.807, 2.05) is 5.43 Å². The lowest BCUT2D eigenvalue weighted by Crippen LogP contribution is -2.49. The number of carbonyl (C=O) groups excluding carboxylic acids is 3. The van der Waals surface area contributed by atoms with Crippen molar-refractivity contribution in [2.75, 3.05) is 14.2 Å². The Labute approximate surface area is 74.6 Å². The van der Waals surface area contributed by atoms with Gasteiger partial charge in [-0.3, -0.25) is 10.2 Å². The van der Waals surface area contributed by atoms with Crippen LogP contribution in [-0.4, -0.2) is 37.3 Å². The SMILES string of the molecule is COC(=O)N(NC(C)=O)C(=O)OC. The molecule has 0 spiro atoms. The van der Waals surface area contributed by atoms with E-state index in [0.717, 1.165) is 21.1 Å². The van der Waals surface area contributed by atoms with E-state index >= 15 is 0 Å². The number of hydrazine groups is 1. The number of carbonyl (C=O) groups is 3. The van der Waals surface area contributed by atoms with Crippen molar-refractivity contribution in [1.82, 2.24) is 10.4 Å². The largest absolute Gasteiger partial charge is 0.451 e. The highest BCUT2D eigenvalue weighted by atomic mass is 16.6. The van der Waals surface area contributed by atoms with Gasteiger partial charge in [-0.15, -0.1) is 5.01 Å². The van der Waals surface area contributed by atoms with Gasteiger partial charge in [0.05, 0.1) is 14.2 Å². The molecule has 0 saturated carbocycles. The van der Waals surface area contributed by atoms with E-state index in [-0.39, 0.29) is 0 Å². The normalized spacial score (nSPS) is 8.54. The summed E-state index contributed by atoms with van der Waals surface area (Å²) in [4.78, 5) is 32.2. The molecule has 0 radical (unpaired) electrons. The minimum atomic E-state index is -1.03. The summed E-state index contributed by atoms with van der Waals surface area (Å²) in [5.74, 6) is -0.587. The number of rotatable bonds is 0. The molecule has 0 rings (SSSR count). The summed E-state index contributed by atoms with van der Waals surface area (Å²) >= 11 is 0. The summed E-state index contributed by atoms with van der Waals surface area (Å²) in [6.07, 6.45) is -2.05. The number of hydrogen-bond acceptors (Lipinski definition) is 5. The van der Waals surface area contributed by atoms with Crippen LogP contribution in [-0.2, 0) is 14.3 Å². The molecule has 13 heavy (non-hydrogen) atoms. The van der Waals surface area contributed by atoms with Crippen molar-refractivity contribution in [1.29, 1.82) is 0 Å². The van der Waals surface area contributed by atoms with Crippen molar-refractivity contribution in [2.45, 2.75) is 6.92 Å². The van der Waals surface area contributed by atoms with E-state index in [1.165, 1.54) is 0 Å². The van der Waals surface area contributed by atoms with Crippen LogP contribution < -0.4 is 5.43 Å². The van der Waals surface area contributed by atoms with E-state index < -0.39 is 18.1 Å².